The van der Waals surface area contributed by atoms with Crippen LogP contribution in [0.4, 0.5) is 5.82 Å². The minimum absolute atomic E-state index is 0.436. The lowest BCUT2D eigenvalue weighted by molar-refractivity contribution is 0.509. The number of hydrogen-bond donors (Lipinski definition) is 1. The van der Waals surface area contributed by atoms with Crippen molar-refractivity contribution in [2.24, 2.45) is 5.92 Å². The highest BCUT2D eigenvalue weighted by molar-refractivity contribution is 5.92. The molecule has 2 rings (SSSR count). The number of nitrogens with zero attached hydrogens (tertiary/aromatic N) is 2. The zero-order chi connectivity index (χ0) is 13.1. The van der Waals surface area contributed by atoms with E-state index < -0.39 is 0 Å². The van der Waals surface area contributed by atoms with Crippen molar-refractivity contribution < 1.29 is 0 Å². The molecule has 96 valence electrons. The number of anilines is 1. The molecule has 1 N–H and O–H groups in total. The van der Waals surface area contributed by atoms with Gasteiger partial charge < -0.3 is 5.32 Å². The molecule has 0 saturated carbocycles. The molecule has 18 heavy (non-hydrogen) atoms. The lowest BCUT2D eigenvalue weighted by atomic mass is 10.0. The van der Waals surface area contributed by atoms with Crippen molar-refractivity contribution in [1.29, 1.82) is 0 Å². The van der Waals surface area contributed by atoms with Crippen LogP contribution in [0.2, 0.25) is 0 Å². The summed E-state index contributed by atoms with van der Waals surface area (Å²) in [5.41, 5.74) is 0.980. The first-order valence-corrected chi connectivity index (χ1v) is 6.62. The fourth-order valence-electron chi connectivity index (χ4n) is 2.26. The molecule has 0 fully saturated rings. The molecule has 0 aliphatic heterocycles. The molecule has 0 aliphatic rings. The minimum Gasteiger partial charge on any atom is -0.365 e. The van der Waals surface area contributed by atoms with Crippen LogP contribution in [-0.4, -0.2) is 16.2 Å². The Hall–Kier alpha value is -1.64. The lowest BCUT2D eigenvalue weighted by Crippen LogP contribution is -2.25. The highest BCUT2D eigenvalue weighted by Gasteiger charge is 2.13. The summed E-state index contributed by atoms with van der Waals surface area (Å²) >= 11 is 0. The number of aromatic nitrogens is 2. The molecule has 1 unspecified atom stereocenters. The first-order chi connectivity index (χ1) is 8.63. The Balaban J connectivity index is 2.42. The lowest BCUT2D eigenvalue weighted by Gasteiger charge is -2.22. The number of aryl methyl sites for hydroxylation is 1. The summed E-state index contributed by atoms with van der Waals surface area (Å²) in [6.45, 7) is 8.65. The van der Waals surface area contributed by atoms with Crippen LogP contribution in [0.15, 0.2) is 24.3 Å². The maximum Gasteiger partial charge on any atom is 0.156 e. The monoisotopic (exact) mass is 243 g/mol. The van der Waals surface area contributed by atoms with E-state index in [2.05, 4.69) is 48.4 Å². The zero-order valence-electron chi connectivity index (χ0n) is 11.6. The van der Waals surface area contributed by atoms with Crippen molar-refractivity contribution in [2.45, 2.75) is 40.2 Å². The molecule has 1 aromatic carbocycles. The summed E-state index contributed by atoms with van der Waals surface area (Å²) in [6.07, 6.45) is 1.08. The summed E-state index contributed by atoms with van der Waals surface area (Å²) in [5, 5.41) is 14.4. The fraction of sp³-hybridized carbons (Fsp3) is 0.467. The van der Waals surface area contributed by atoms with Gasteiger partial charge in [0.1, 0.15) is 0 Å². The molecule has 1 atom stereocenters. The first kappa shape index (κ1) is 12.8. The molecule has 2 aromatic rings. The number of hydrogen-bond acceptors (Lipinski definition) is 3. The summed E-state index contributed by atoms with van der Waals surface area (Å²) in [6, 6.07) is 8.73. The summed E-state index contributed by atoms with van der Waals surface area (Å²) in [4.78, 5) is 0. The Bertz CT molecular complexity index is 534. The van der Waals surface area contributed by atoms with Crippen LogP contribution in [0.1, 0.15) is 32.9 Å². The first-order valence-electron chi connectivity index (χ1n) is 6.62. The number of rotatable bonds is 4. The van der Waals surface area contributed by atoms with Crippen molar-refractivity contribution in [2.75, 3.05) is 5.32 Å². The van der Waals surface area contributed by atoms with Gasteiger partial charge in [-0.1, -0.05) is 45.0 Å². The molecule has 0 spiro atoms. The second-order valence-electron chi connectivity index (χ2n) is 5.08. The number of benzene rings is 1. The van der Waals surface area contributed by atoms with E-state index in [4.69, 9.17) is 0 Å². The van der Waals surface area contributed by atoms with Gasteiger partial charge in [-0.25, -0.2) is 0 Å². The van der Waals surface area contributed by atoms with Gasteiger partial charge in [-0.15, -0.1) is 5.10 Å². The largest absolute Gasteiger partial charge is 0.365 e. The summed E-state index contributed by atoms with van der Waals surface area (Å²) in [7, 11) is 0. The molecule has 0 saturated heterocycles. The van der Waals surface area contributed by atoms with E-state index in [1.165, 1.54) is 5.39 Å². The van der Waals surface area contributed by atoms with Gasteiger partial charge in [-0.2, -0.15) is 5.10 Å². The third-order valence-electron chi connectivity index (χ3n) is 3.44. The predicted octanol–water partition coefficient (Wildman–Crippen LogP) is 3.78. The standard InChI is InChI=1S/C15H21N3/c1-5-14(10(2)3)16-15-13-9-7-6-8-12(13)11(4)17-18-15/h6-10,14H,5H2,1-4H3,(H,16,18). The molecule has 3 nitrogen and oxygen atoms in total. The van der Waals surface area contributed by atoms with Crippen LogP contribution in [0.25, 0.3) is 10.8 Å². The third kappa shape index (κ3) is 2.45. The normalized spacial score (nSPS) is 12.9. The van der Waals surface area contributed by atoms with E-state index in [9.17, 15) is 0 Å². The molecule has 1 heterocycles. The van der Waals surface area contributed by atoms with Gasteiger partial charge in [0, 0.05) is 16.8 Å². The van der Waals surface area contributed by atoms with Crippen LogP contribution in [-0.2, 0) is 0 Å². The Morgan fingerprint density at radius 1 is 1.11 bits per heavy atom. The SMILES string of the molecule is CCC(Nc1nnc(C)c2ccccc12)C(C)C. The molecular weight excluding hydrogens is 222 g/mol. The van der Waals surface area contributed by atoms with Gasteiger partial charge in [0.15, 0.2) is 5.82 Å². The molecule has 0 bridgehead atoms. The minimum atomic E-state index is 0.436. The Kier molecular flexibility index (Phi) is 3.80. The van der Waals surface area contributed by atoms with Gasteiger partial charge in [0.05, 0.1) is 5.69 Å². The van der Waals surface area contributed by atoms with Crippen LogP contribution in [0.3, 0.4) is 0 Å². The maximum atomic E-state index is 4.32. The quantitative estimate of drug-likeness (QED) is 0.888. The van der Waals surface area contributed by atoms with Crippen LogP contribution in [0, 0.1) is 12.8 Å². The van der Waals surface area contributed by atoms with Crippen molar-refractivity contribution in [3.63, 3.8) is 0 Å². The molecule has 0 amide bonds. The molecule has 0 radical (unpaired) electrons. The highest BCUT2D eigenvalue weighted by Crippen LogP contribution is 2.24. The maximum absolute atomic E-state index is 4.32. The van der Waals surface area contributed by atoms with Gasteiger partial charge >= 0.3 is 0 Å². The van der Waals surface area contributed by atoms with Crippen LogP contribution in [0.5, 0.6) is 0 Å². The summed E-state index contributed by atoms with van der Waals surface area (Å²) < 4.78 is 0. The van der Waals surface area contributed by atoms with Crippen LogP contribution < -0.4 is 5.32 Å². The smallest absolute Gasteiger partial charge is 0.156 e. The van der Waals surface area contributed by atoms with E-state index in [0.29, 0.717) is 12.0 Å². The van der Waals surface area contributed by atoms with Gasteiger partial charge in [-0.3, -0.25) is 0 Å². The fourth-order valence-corrected chi connectivity index (χ4v) is 2.26. The van der Waals surface area contributed by atoms with E-state index in [-0.39, 0.29) is 0 Å². The molecule has 0 aliphatic carbocycles. The van der Waals surface area contributed by atoms with Crippen molar-refractivity contribution in [3.05, 3.63) is 30.0 Å². The van der Waals surface area contributed by atoms with Gasteiger partial charge in [0.25, 0.3) is 0 Å². The van der Waals surface area contributed by atoms with E-state index in [1.807, 2.05) is 19.1 Å². The second-order valence-corrected chi connectivity index (χ2v) is 5.08. The average Bonchev–Trinajstić information content (AvgIpc) is 2.38. The Morgan fingerprint density at radius 2 is 1.78 bits per heavy atom. The van der Waals surface area contributed by atoms with Crippen molar-refractivity contribution in [1.82, 2.24) is 10.2 Å². The predicted molar refractivity (Wildman–Crippen MR) is 76.8 cm³/mol. The second kappa shape index (κ2) is 5.34. The average molecular weight is 243 g/mol. The topological polar surface area (TPSA) is 37.8 Å². The zero-order valence-corrected chi connectivity index (χ0v) is 11.6. The van der Waals surface area contributed by atoms with Gasteiger partial charge in [0.2, 0.25) is 0 Å². The molecule has 3 heteroatoms. The van der Waals surface area contributed by atoms with E-state index >= 15 is 0 Å². The third-order valence-corrected chi connectivity index (χ3v) is 3.44. The Labute approximate surface area is 109 Å². The van der Waals surface area contributed by atoms with Gasteiger partial charge in [-0.05, 0) is 19.3 Å². The highest BCUT2D eigenvalue weighted by atomic mass is 15.2. The molecular formula is C15H21N3. The Morgan fingerprint density at radius 3 is 2.39 bits per heavy atom. The number of fused-ring (bicyclic) bond motifs is 1. The van der Waals surface area contributed by atoms with Crippen molar-refractivity contribution in [3.8, 4) is 0 Å². The van der Waals surface area contributed by atoms with Crippen LogP contribution >= 0.6 is 0 Å². The van der Waals surface area contributed by atoms with E-state index in [0.717, 1.165) is 23.3 Å². The number of nitrogens with one attached hydrogen (secondary N) is 1. The van der Waals surface area contributed by atoms with E-state index in [1.54, 1.807) is 0 Å². The summed E-state index contributed by atoms with van der Waals surface area (Å²) in [5.74, 6) is 1.48. The molecule has 1 aromatic heterocycles. The van der Waals surface area contributed by atoms with Crippen molar-refractivity contribution >= 4 is 16.6 Å².